The van der Waals surface area contributed by atoms with E-state index in [4.69, 9.17) is 8.56 Å². The fourth-order valence-electron chi connectivity index (χ4n) is 0. The van der Waals surface area contributed by atoms with Gasteiger partial charge in [-0.3, -0.25) is 0 Å². The minimum atomic E-state index is -4.41. The van der Waals surface area contributed by atoms with Gasteiger partial charge in [-0.2, -0.15) is 0 Å². The minimum absolute atomic E-state index is 4.41. The molecule has 0 aromatic heterocycles. The molecule has 0 aliphatic heterocycles. The second-order valence-corrected chi connectivity index (χ2v) is 2.05. The standard InChI is InChI=1S/Hf.3O. The van der Waals surface area contributed by atoms with Crippen LogP contribution < -0.4 is 0 Å². The predicted molar refractivity (Wildman–Crippen MR) is 2.06 cm³/mol. The summed E-state index contributed by atoms with van der Waals surface area (Å²) in [5.41, 5.74) is 0. The second-order valence-electron chi connectivity index (χ2n) is 0.250. The second kappa shape index (κ2) is 1.58. The van der Waals surface area contributed by atoms with Gasteiger partial charge in [-0.05, 0) is 0 Å². The molecule has 0 heterocycles. The van der Waals surface area contributed by atoms with Gasteiger partial charge in [-0.25, -0.2) is 0 Å². The van der Waals surface area contributed by atoms with Crippen LogP contribution in [0, 0.1) is 0 Å². The van der Waals surface area contributed by atoms with Crippen molar-refractivity contribution < 1.29 is 30.0 Å². The van der Waals surface area contributed by atoms with E-state index in [0.717, 1.165) is 0 Å². The van der Waals surface area contributed by atoms with Gasteiger partial charge < -0.3 is 0 Å². The van der Waals surface area contributed by atoms with Crippen LogP contribution in [0.4, 0.5) is 0 Å². The first kappa shape index (κ1) is 4.27. The fraction of sp³-hybridized carbons (Fsp3) is 0. The van der Waals surface area contributed by atoms with Gasteiger partial charge in [0.2, 0.25) is 0 Å². The van der Waals surface area contributed by atoms with Crippen LogP contribution in [0.25, 0.3) is 0 Å². The Bertz CT molecular complexity index is 72.7. The number of hydrogen-bond acceptors (Lipinski definition) is 3. The van der Waals surface area contributed by atoms with E-state index in [0.29, 0.717) is 0 Å². The number of hydrogen-bond donors (Lipinski definition) is 0. The molecule has 0 aliphatic rings. The van der Waals surface area contributed by atoms with Crippen LogP contribution in [-0.2, 0) is 30.0 Å². The van der Waals surface area contributed by atoms with Crippen molar-refractivity contribution in [2.24, 2.45) is 0 Å². The summed E-state index contributed by atoms with van der Waals surface area (Å²) in [7, 11) is 0. The maximum absolute atomic E-state index is 8.63. The monoisotopic (exact) mass is 228 g/mol. The zero-order chi connectivity index (χ0) is 3.58. The molecule has 0 fully saturated rings. The van der Waals surface area contributed by atoms with Crippen molar-refractivity contribution in [3.8, 4) is 0 Å². The van der Waals surface area contributed by atoms with Crippen LogP contribution in [0.1, 0.15) is 0 Å². The van der Waals surface area contributed by atoms with E-state index in [2.05, 4.69) is 0 Å². The third-order valence-electron chi connectivity index (χ3n) is 0. The Morgan fingerprint density at radius 1 is 1.00 bits per heavy atom. The Balaban J connectivity index is 4.65. The Morgan fingerprint density at radius 2 is 1.00 bits per heavy atom. The van der Waals surface area contributed by atoms with Gasteiger partial charge in [0.05, 0.1) is 0 Å². The van der Waals surface area contributed by atoms with Crippen molar-refractivity contribution in [2.45, 2.75) is 0 Å². The van der Waals surface area contributed by atoms with Crippen LogP contribution in [0.15, 0.2) is 0 Å². The van der Waals surface area contributed by atoms with Crippen LogP contribution in [0.2, 0.25) is 0 Å². The first-order valence-corrected chi connectivity index (χ1v) is 5.01. The molecule has 0 saturated heterocycles. The molecule has 4 heavy (non-hydrogen) atoms. The Kier molecular flexibility index (Phi) is 1.68. The van der Waals surface area contributed by atoms with Gasteiger partial charge in [0.1, 0.15) is 0 Å². The van der Waals surface area contributed by atoms with Crippen molar-refractivity contribution in [1.82, 2.24) is 0 Å². The molecule has 0 radical (unpaired) electrons. The molecule has 0 aliphatic carbocycles. The summed E-state index contributed by atoms with van der Waals surface area (Å²) in [6.45, 7) is 0. The average molecular weight is 226 g/mol. The molecule has 0 spiro atoms. The Labute approximate surface area is 30.5 Å². The molecule has 0 N–H and O–H groups in total. The molecular weight excluding hydrogens is 226 g/mol. The molecule has 0 saturated carbocycles. The van der Waals surface area contributed by atoms with E-state index >= 15 is 0 Å². The molecule has 22 valence electrons. The van der Waals surface area contributed by atoms with Gasteiger partial charge in [0.15, 0.2) is 0 Å². The van der Waals surface area contributed by atoms with Crippen LogP contribution in [0.5, 0.6) is 0 Å². The van der Waals surface area contributed by atoms with Crippen LogP contribution in [0.3, 0.4) is 0 Å². The van der Waals surface area contributed by atoms with E-state index in [1.165, 1.54) is 0 Å². The van der Waals surface area contributed by atoms with Crippen molar-refractivity contribution in [1.29, 1.82) is 0 Å². The molecule has 3 nitrogen and oxygen atoms in total. The summed E-state index contributed by atoms with van der Waals surface area (Å²) < 4.78 is 25.9. The van der Waals surface area contributed by atoms with E-state index in [1.54, 1.807) is 0 Å². The molecule has 0 bridgehead atoms. The quantitative estimate of drug-likeness (QED) is 0.530. The molecule has 0 atom stereocenters. The normalized spacial score (nSPS) is 3.75. The molecule has 0 aromatic rings. The van der Waals surface area contributed by atoms with Gasteiger partial charge >= 0.3 is 30.0 Å². The first-order chi connectivity index (χ1) is 1.73. The molecule has 4 heteroatoms. The SMILES string of the molecule is [O]=[Hf](=[O])=[O]. The van der Waals surface area contributed by atoms with Crippen molar-refractivity contribution >= 4 is 0 Å². The average Bonchev–Trinajstić information content (AvgIpc) is 0.811. The number of rotatable bonds is 0. The predicted octanol–water partition coefficient (Wildman–Crippen LogP) is -0.359. The van der Waals surface area contributed by atoms with Crippen LogP contribution >= 0.6 is 0 Å². The van der Waals surface area contributed by atoms with Gasteiger partial charge in [0, 0.05) is 0 Å². The van der Waals surface area contributed by atoms with Crippen molar-refractivity contribution in [2.75, 3.05) is 0 Å². The maximum atomic E-state index is 8.63. The first-order valence-electron chi connectivity index (χ1n) is 0.612. The summed E-state index contributed by atoms with van der Waals surface area (Å²) in [6, 6.07) is 0. The summed E-state index contributed by atoms with van der Waals surface area (Å²) in [6.07, 6.45) is 0. The van der Waals surface area contributed by atoms with Crippen LogP contribution in [-0.4, -0.2) is 0 Å². The summed E-state index contributed by atoms with van der Waals surface area (Å²) in [4.78, 5) is 0. The van der Waals surface area contributed by atoms with E-state index in [-0.39, 0.29) is 0 Å². The van der Waals surface area contributed by atoms with E-state index < -0.39 is 21.4 Å². The topological polar surface area (TPSA) is 51.2 Å². The third-order valence-corrected chi connectivity index (χ3v) is 0. The van der Waals surface area contributed by atoms with E-state index in [9.17, 15) is 0 Å². The third kappa shape index (κ3) is 50.2. The van der Waals surface area contributed by atoms with Crippen molar-refractivity contribution in [3.05, 3.63) is 0 Å². The summed E-state index contributed by atoms with van der Waals surface area (Å²) in [5, 5.41) is 0. The zero-order valence-corrected chi connectivity index (χ0v) is 5.32. The Hall–Kier alpha value is 0.270. The molecule has 0 amide bonds. The van der Waals surface area contributed by atoms with Gasteiger partial charge in [-0.15, -0.1) is 0 Å². The summed E-state index contributed by atoms with van der Waals surface area (Å²) in [5.74, 6) is 0. The fourth-order valence-corrected chi connectivity index (χ4v) is 0. The summed E-state index contributed by atoms with van der Waals surface area (Å²) >= 11 is -4.41. The zero-order valence-electron chi connectivity index (χ0n) is 1.72. The van der Waals surface area contributed by atoms with E-state index in [1.807, 2.05) is 0 Å². The molecule has 0 aromatic carbocycles. The Morgan fingerprint density at radius 3 is 1.00 bits per heavy atom. The molecule has 0 unspecified atom stereocenters. The van der Waals surface area contributed by atoms with Crippen molar-refractivity contribution in [3.63, 3.8) is 0 Å². The molecular formula is HfO3. The van der Waals surface area contributed by atoms with Gasteiger partial charge in [-0.1, -0.05) is 0 Å². The molecule has 0 rings (SSSR count). The van der Waals surface area contributed by atoms with Gasteiger partial charge in [0.25, 0.3) is 0 Å².